The van der Waals surface area contributed by atoms with E-state index in [-0.39, 0.29) is 12.9 Å². The van der Waals surface area contributed by atoms with Crippen molar-refractivity contribution >= 4 is 34.2 Å². The van der Waals surface area contributed by atoms with Crippen LogP contribution >= 0.6 is 15.9 Å². The Hall–Kier alpha value is -0.980. The van der Waals surface area contributed by atoms with Gasteiger partial charge in [0.15, 0.2) is 18.6 Å². The van der Waals surface area contributed by atoms with Crippen molar-refractivity contribution < 1.29 is 28.2 Å². The first kappa shape index (κ1) is 21.0. The van der Waals surface area contributed by atoms with E-state index < -0.39 is 39.9 Å². The lowest BCUT2D eigenvalue weighted by Crippen LogP contribution is -2.42. The number of hydrogen-bond donors (Lipinski definition) is 0. The first-order chi connectivity index (χ1) is 9.80. The molecule has 0 aromatic carbocycles. The van der Waals surface area contributed by atoms with Crippen LogP contribution in [0.25, 0.3) is 0 Å². The molecule has 3 unspecified atom stereocenters. The van der Waals surface area contributed by atoms with Gasteiger partial charge < -0.3 is 9.47 Å². The molecule has 0 saturated heterocycles. The highest BCUT2D eigenvalue weighted by Gasteiger charge is 2.36. The minimum absolute atomic E-state index is 0.0560. The molecule has 0 radical (unpaired) electrons. The van der Waals surface area contributed by atoms with E-state index in [1.807, 2.05) is 0 Å². The molecule has 5 nitrogen and oxygen atoms in total. The summed E-state index contributed by atoms with van der Waals surface area (Å²) in [5.74, 6) is -1.12. The van der Waals surface area contributed by atoms with E-state index in [1.54, 1.807) is 41.5 Å². The third-order valence-corrected chi connectivity index (χ3v) is 3.43. The maximum Gasteiger partial charge on any atom is 0.311 e. The van der Waals surface area contributed by atoms with Gasteiger partial charge >= 0.3 is 11.9 Å². The van der Waals surface area contributed by atoms with Gasteiger partial charge in [0.25, 0.3) is 0 Å². The fourth-order valence-electron chi connectivity index (χ4n) is 1.18. The van der Waals surface area contributed by atoms with Crippen molar-refractivity contribution in [2.75, 3.05) is 6.61 Å². The van der Waals surface area contributed by atoms with Crippen molar-refractivity contribution in [3.8, 4) is 0 Å². The summed E-state index contributed by atoms with van der Waals surface area (Å²) in [5, 5.41) is 0. The van der Waals surface area contributed by atoms with E-state index in [0.29, 0.717) is 0 Å². The number of carbonyl (C=O) groups is 3. The molecule has 0 aliphatic heterocycles. The fourth-order valence-corrected chi connectivity index (χ4v) is 1.71. The number of aldehydes is 1. The van der Waals surface area contributed by atoms with Crippen LogP contribution in [0.2, 0.25) is 0 Å². The first-order valence-electron chi connectivity index (χ1n) is 6.92. The van der Waals surface area contributed by atoms with Gasteiger partial charge in [0, 0.05) is 0 Å². The standard InChI is InChI=1S/C15H24BrFO5/c1-14(2,3)12(19)21-8-9(16)11(10(17)7-18)22-13(20)15(4,5)6/h7,9-11H,8H2,1-6H3. The van der Waals surface area contributed by atoms with Crippen molar-refractivity contribution in [2.24, 2.45) is 10.8 Å². The average molecular weight is 383 g/mol. The molecule has 0 N–H and O–H groups in total. The average Bonchev–Trinajstić information content (AvgIpc) is 2.38. The first-order valence-corrected chi connectivity index (χ1v) is 7.84. The SMILES string of the molecule is CC(C)(C)C(=O)OCC(Br)C(OC(=O)C(C)(C)C)C(F)C=O. The topological polar surface area (TPSA) is 69.7 Å². The predicted molar refractivity (Wildman–Crippen MR) is 83.4 cm³/mol. The highest BCUT2D eigenvalue weighted by atomic mass is 79.9. The second kappa shape index (κ2) is 8.04. The highest BCUT2D eigenvalue weighted by molar-refractivity contribution is 9.09. The van der Waals surface area contributed by atoms with Crippen molar-refractivity contribution in [2.45, 2.75) is 58.6 Å². The largest absolute Gasteiger partial charge is 0.464 e. The van der Waals surface area contributed by atoms with Crippen molar-refractivity contribution in [3.63, 3.8) is 0 Å². The Morgan fingerprint density at radius 3 is 1.91 bits per heavy atom. The number of rotatable bonds is 6. The van der Waals surface area contributed by atoms with Crippen molar-refractivity contribution in [1.29, 1.82) is 0 Å². The minimum Gasteiger partial charge on any atom is -0.464 e. The van der Waals surface area contributed by atoms with Gasteiger partial charge in [-0.05, 0) is 41.5 Å². The van der Waals surface area contributed by atoms with Gasteiger partial charge in [-0.3, -0.25) is 14.4 Å². The number of ether oxygens (including phenoxy) is 2. The molecule has 0 spiro atoms. The van der Waals surface area contributed by atoms with E-state index in [0.717, 1.165) is 0 Å². The van der Waals surface area contributed by atoms with E-state index in [2.05, 4.69) is 15.9 Å². The molecule has 0 rings (SSSR count). The Morgan fingerprint density at radius 2 is 1.55 bits per heavy atom. The summed E-state index contributed by atoms with van der Waals surface area (Å²) in [6.45, 7) is 9.67. The van der Waals surface area contributed by atoms with Crippen LogP contribution in [0.3, 0.4) is 0 Å². The van der Waals surface area contributed by atoms with Gasteiger partial charge in [-0.2, -0.15) is 0 Å². The van der Waals surface area contributed by atoms with Gasteiger partial charge in [-0.25, -0.2) is 4.39 Å². The minimum atomic E-state index is -2.01. The summed E-state index contributed by atoms with van der Waals surface area (Å²) in [7, 11) is 0. The van der Waals surface area contributed by atoms with Crippen LogP contribution in [0.1, 0.15) is 41.5 Å². The molecule has 0 aromatic heterocycles. The predicted octanol–water partition coefficient (Wildman–Crippen LogP) is 2.83. The van der Waals surface area contributed by atoms with Crippen molar-refractivity contribution in [1.82, 2.24) is 0 Å². The third kappa shape index (κ3) is 6.85. The lowest BCUT2D eigenvalue weighted by molar-refractivity contribution is -0.164. The Balaban J connectivity index is 4.87. The lowest BCUT2D eigenvalue weighted by Gasteiger charge is -2.27. The van der Waals surface area contributed by atoms with E-state index in [9.17, 15) is 18.8 Å². The van der Waals surface area contributed by atoms with E-state index in [4.69, 9.17) is 9.47 Å². The second-order valence-electron chi connectivity index (χ2n) is 7.06. The molecule has 22 heavy (non-hydrogen) atoms. The molecular formula is C15H24BrFO5. The molecule has 0 saturated carbocycles. The van der Waals surface area contributed by atoms with Gasteiger partial charge in [0.05, 0.1) is 15.7 Å². The van der Waals surface area contributed by atoms with Crippen LogP contribution in [0, 0.1) is 10.8 Å². The van der Waals surface area contributed by atoms with Gasteiger partial charge in [0.1, 0.15) is 6.61 Å². The number of hydrogen-bond acceptors (Lipinski definition) is 5. The normalized spacial score (nSPS) is 16.4. The Kier molecular flexibility index (Phi) is 7.68. The fraction of sp³-hybridized carbons (Fsp3) is 0.800. The highest BCUT2D eigenvalue weighted by Crippen LogP contribution is 2.23. The number of esters is 2. The van der Waals surface area contributed by atoms with E-state index >= 15 is 0 Å². The summed E-state index contributed by atoms with van der Waals surface area (Å²) in [4.78, 5) is 33.4. The lowest BCUT2D eigenvalue weighted by atomic mass is 9.97. The Labute approximate surface area is 139 Å². The maximum atomic E-state index is 13.7. The van der Waals surface area contributed by atoms with Gasteiger partial charge in [-0.15, -0.1) is 0 Å². The molecule has 7 heteroatoms. The molecule has 0 aromatic rings. The molecular weight excluding hydrogens is 359 g/mol. The van der Waals surface area contributed by atoms with Crippen LogP contribution < -0.4 is 0 Å². The van der Waals surface area contributed by atoms with Crippen molar-refractivity contribution in [3.05, 3.63) is 0 Å². The van der Waals surface area contributed by atoms with Crippen LogP contribution in [0.15, 0.2) is 0 Å². The Morgan fingerprint density at radius 1 is 1.09 bits per heavy atom. The zero-order valence-electron chi connectivity index (χ0n) is 13.8. The molecule has 0 bridgehead atoms. The molecule has 0 heterocycles. The zero-order valence-corrected chi connectivity index (χ0v) is 15.4. The van der Waals surface area contributed by atoms with Crippen LogP contribution in [0.5, 0.6) is 0 Å². The number of carbonyl (C=O) groups excluding carboxylic acids is 3. The summed E-state index contributed by atoms with van der Waals surface area (Å²) < 4.78 is 23.9. The van der Waals surface area contributed by atoms with Gasteiger partial charge in [0.2, 0.25) is 0 Å². The van der Waals surface area contributed by atoms with Crippen LogP contribution in [-0.4, -0.2) is 41.9 Å². The summed E-state index contributed by atoms with van der Waals surface area (Å²) in [5.41, 5.74) is -1.54. The Bertz CT molecular complexity index is 411. The van der Waals surface area contributed by atoms with Crippen LogP contribution in [0.4, 0.5) is 4.39 Å². The molecule has 0 fully saturated rings. The molecule has 0 aliphatic rings. The number of halogens is 2. The summed E-state index contributed by atoms with van der Waals surface area (Å²) >= 11 is 3.12. The van der Waals surface area contributed by atoms with E-state index in [1.165, 1.54) is 0 Å². The quantitative estimate of drug-likeness (QED) is 0.401. The molecule has 3 atom stereocenters. The van der Waals surface area contributed by atoms with Gasteiger partial charge in [-0.1, -0.05) is 15.9 Å². The summed E-state index contributed by atoms with van der Waals surface area (Å²) in [6.07, 6.45) is -3.32. The second-order valence-corrected chi connectivity index (χ2v) is 8.24. The third-order valence-electron chi connectivity index (χ3n) is 2.64. The zero-order chi connectivity index (χ0) is 17.7. The summed E-state index contributed by atoms with van der Waals surface area (Å²) in [6, 6.07) is 0. The molecule has 0 aliphatic carbocycles. The monoisotopic (exact) mass is 382 g/mol. The molecule has 0 amide bonds. The number of alkyl halides is 2. The molecule has 128 valence electrons. The maximum absolute atomic E-state index is 13.7. The smallest absolute Gasteiger partial charge is 0.311 e. The van der Waals surface area contributed by atoms with Crippen LogP contribution in [-0.2, 0) is 23.9 Å².